The third kappa shape index (κ3) is 2.49. The second-order valence-corrected chi connectivity index (χ2v) is 5.87. The molecule has 18 heavy (non-hydrogen) atoms. The molecule has 6 nitrogen and oxygen atoms in total. The summed E-state index contributed by atoms with van der Waals surface area (Å²) < 4.78 is 3.94. The summed E-state index contributed by atoms with van der Waals surface area (Å²) in [5.41, 5.74) is 3.65. The number of aromatic nitrogens is 2. The zero-order valence-electron chi connectivity index (χ0n) is 10.5. The number of likely N-dealkylation sites (tertiary alicyclic amines) is 2. The summed E-state index contributed by atoms with van der Waals surface area (Å²) in [6.07, 6.45) is 4.02. The summed E-state index contributed by atoms with van der Waals surface area (Å²) in [5.74, 6) is 5.45. The van der Waals surface area contributed by atoms with Gasteiger partial charge in [0.05, 0.1) is 0 Å². The maximum absolute atomic E-state index is 5.45. The lowest BCUT2D eigenvalue weighted by molar-refractivity contribution is 0.229. The Balaban J connectivity index is 1.55. The molecule has 0 saturated carbocycles. The number of hydrazine groups is 1. The summed E-state index contributed by atoms with van der Waals surface area (Å²) >= 11 is 1.32. The molecule has 2 saturated heterocycles. The van der Waals surface area contributed by atoms with E-state index in [9.17, 15) is 0 Å². The topological polar surface area (TPSA) is 70.3 Å². The van der Waals surface area contributed by atoms with E-state index >= 15 is 0 Å². The Hall–Kier alpha value is -0.760. The summed E-state index contributed by atoms with van der Waals surface area (Å²) in [6.45, 7) is 5.74. The third-order valence-electron chi connectivity index (χ3n) is 3.96. The Labute approximate surface area is 111 Å². The molecule has 1 atom stereocenters. The van der Waals surface area contributed by atoms with Crippen LogP contribution in [0.4, 0.5) is 5.00 Å². The number of hydrogen-bond donors (Lipinski definition) is 2. The Morgan fingerprint density at radius 1 is 1.33 bits per heavy atom. The van der Waals surface area contributed by atoms with Crippen LogP contribution in [0.3, 0.4) is 0 Å². The van der Waals surface area contributed by atoms with Crippen LogP contribution in [0.15, 0.2) is 0 Å². The van der Waals surface area contributed by atoms with Crippen LogP contribution >= 0.6 is 11.5 Å². The van der Waals surface area contributed by atoms with Gasteiger partial charge in [-0.3, -0.25) is 9.80 Å². The van der Waals surface area contributed by atoms with Crippen LogP contribution in [0, 0.1) is 0 Å². The lowest BCUT2D eigenvalue weighted by Gasteiger charge is -2.23. The van der Waals surface area contributed by atoms with Gasteiger partial charge in [-0.25, -0.2) is 5.84 Å². The summed E-state index contributed by atoms with van der Waals surface area (Å²) in [6, 6.07) is 0.744. The SMILES string of the molecule is NNc1snnc1CN1CCC(N2CCCC2)C1. The largest absolute Gasteiger partial charge is 0.313 e. The van der Waals surface area contributed by atoms with Crippen molar-refractivity contribution in [3.05, 3.63) is 5.69 Å². The monoisotopic (exact) mass is 268 g/mol. The van der Waals surface area contributed by atoms with Gasteiger partial charge in [-0.1, -0.05) is 4.49 Å². The Morgan fingerprint density at radius 3 is 2.94 bits per heavy atom. The first-order valence-electron chi connectivity index (χ1n) is 6.61. The van der Waals surface area contributed by atoms with Crippen LogP contribution in [0.2, 0.25) is 0 Å². The molecule has 2 aliphatic heterocycles. The van der Waals surface area contributed by atoms with Crippen molar-refractivity contribution in [2.24, 2.45) is 5.84 Å². The van der Waals surface area contributed by atoms with Crippen LogP contribution in [-0.2, 0) is 6.54 Å². The number of nitrogens with two attached hydrogens (primary N) is 1. The number of nitrogens with zero attached hydrogens (tertiary/aromatic N) is 4. The minimum atomic E-state index is 0.744. The van der Waals surface area contributed by atoms with Gasteiger partial charge in [0.1, 0.15) is 10.7 Å². The molecule has 3 N–H and O–H groups in total. The van der Waals surface area contributed by atoms with E-state index < -0.39 is 0 Å². The van der Waals surface area contributed by atoms with Crippen LogP contribution < -0.4 is 11.3 Å². The van der Waals surface area contributed by atoms with E-state index in [1.807, 2.05) is 0 Å². The van der Waals surface area contributed by atoms with E-state index in [1.54, 1.807) is 0 Å². The summed E-state index contributed by atoms with van der Waals surface area (Å²) in [5, 5.41) is 5.03. The van der Waals surface area contributed by atoms with Crippen molar-refractivity contribution in [3.8, 4) is 0 Å². The Morgan fingerprint density at radius 2 is 2.17 bits per heavy atom. The predicted molar refractivity (Wildman–Crippen MR) is 72.2 cm³/mol. The molecule has 7 heteroatoms. The van der Waals surface area contributed by atoms with Crippen molar-refractivity contribution in [1.29, 1.82) is 0 Å². The Kier molecular flexibility index (Phi) is 3.74. The molecule has 1 unspecified atom stereocenters. The minimum absolute atomic E-state index is 0.744. The van der Waals surface area contributed by atoms with Gasteiger partial charge in [0.15, 0.2) is 0 Å². The highest BCUT2D eigenvalue weighted by Crippen LogP contribution is 2.24. The van der Waals surface area contributed by atoms with Crippen molar-refractivity contribution in [3.63, 3.8) is 0 Å². The molecule has 1 aromatic heterocycles. The highest BCUT2D eigenvalue weighted by Gasteiger charge is 2.29. The number of nitrogens with one attached hydrogen (secondary N) is 1. The molecular weight excluding hydrogens is 248 g/mol. The van der Waals surface area contributed by atoms with Gasteiger partial charge in [0.25, 0.3) is 0 Å². The maximum Gasteiger partial charge on any atom is 0.148 e. The number of rotatable bonds is 4. The van der Waals surface area contributed by atoms with E-state index in [0.29, 0.717) is 0 Å². The van der Waals surface area contributed by atoms with Gasteiger partial charge in [-0.15, -0.1) is 5.10 Å². The molecule has 3 rings (SSSR count). The third-order valence-corrected chi connectivity index (χ3v) is 4.66. The van der Waals surface area contributed by atoms with Gasteiger partial charge in [0.2, 0.25) is 0 Å². The van der Waals surface area contributed by atoms with Crippen molar-refractivity contribution < 1.29 is 0 Å². The number of nitrogen functional groups attached to an aromatic ring is 1. The molecule has 0 spiro atoms. The van der Waals surface area contributed by atoms with Gasteiger partial charge in [-0.05, 0) is 32.4 Å². The van der Waals surface area contributed by atoms with E-state index in [4.69, 9.17) is 5.84 Å². The zero-order chi connectivity index (χ0) is 12.4. The zero-order valence-corrected chi connectivity index (χ0v) is 11.3. The first-order valence-corrected chi connectivity index (χ1v) is 7.38. The maximum atomic E-state index is 5.45. The van der Waals surface area contributed by atoms with E-state index in [0.717, 1.165) is 36.4 Å². The van der Waals surface area contributed by atoms with Crippen LogP contribution in [-0.4, -0.2) is 51.6 Å². The van der Waals surface area contributed by atoms with Gasteiger partial charge < -0.3 is 5.43 Å². The smallest absolute Gasteiger partial charge is 0.148 e. The van der Waals surface area contributed by atoms with Crippen molar-refractivity contribution in [1.82, 2.24) is 19.4 Å². The van der Waals surface area contributed by atoms with Crippen LogP contribution in [0.25, 0.3) is 0 Å². The minimum Gasteiger partial charge on any atom is -0.313 e. The standard InChI is InChI=1S/C11H20N6S/c12-13-11-10(14-15-18-11)8-16-6-3-9(7-16)17-4-1-2-5-17/h9,13H,1-8,12H2. The molecule has 0 amide bonds. The summed E-state index contributed by atoms with van der Waals surface area (Å²) in [4.78, 5) is 5.10. The van der Waals surface area contributed by atoms with E-state index in [1.165, 1.54) is 43.9 Å². The molecular formula is C11H20N6S. The molecule has 2 fully saturated rings. The average Bonchev–Trinajstić information content (AvgIpc) is 3.10. The molecule has 1 aromatic rings. The van der Waals surface area contributed by atoms with E-state index in [2.05, 4.69) is 24.8 Å². The second-order valence-electron chi connectivity index (χ2n) is 5.11. The number of anilines is 1. The predicted octanol–water partition coefficient (Wildman–Crippen LogP) is 0.494. The quantitative estimate of drug-likeness (QED) is 0.612. The van der Waals surface area contributed by atoms with Gasteiger partial charge in [-0.2, -0.15) is 0 Å². The lowest BCUT2D eigenvalue weighted by Crippen LogP contribution is -2.35. The van der Waals surface area contributed by atoms with Gasteiger partial charge >= 0.3 is 0 Å². The fourth-order valence-corrected chi connectivity index (χ4v) is 3.48. The normalized spacial score (nSPS) is 25.9. The Bertz CT molecular complexity index is 389. The fraction of sp³-hybridized carbons (Fsp3) is 0.818. The molecule has 0 bridgehead atoms. The van der Waals surface area contributed by atoms with Crippen molar-refractivity contribution in [2.75, 3.05) is 31.6 Å². The summed E-state index contributed by atoms with van der Waals surface area (Å²) in [7, 11) is 0. The first-order chi connectivity index (χ1) is 8.86. The highest BCUT2D eigenvalue weighted by atomic mass is 32.1. The molecule has 2 aliphatic rings. The van der Waals surface area contributed by atoms with Crippen LogP contribution in [0.1, 0.15) is 25.0 Å². The van der Waals surface area contributed by atoms with Crippen molar-refractivity contribution >= 4 is 16.5 Å². The second kappa shape index (κ2) is 5.48. The molecule has 0 radical (unpaired) electrons. The van der Waals surface area contributed by atoms with Crippen LogP contribution in [0.5, 0.6) is 0 Å². The molecule has 0 aliphatic carbocycles. The average molecular weight is 268 g/mol. The number of hydrogen-bond acceptors (Lipinski definition) is 7. The first kappa shape index (κ1) is 12.3. The van der Waals surface area contributed by atoms with Crippen molar-refractivity contribution in [2.45, 2.75) is 31.8 Å². The molecule has 0 aromatic carbocycles. The fourth-order valence-electron chi connectivity index (χ4n) is 2.99. The highest BCUT2D eigenvalue weighted by molar-refractivity contribution is 7.10. The van der Waals surface area contributed by atoms with E-state index in [-0.39, 0.29) is 0 Å². The molecule has 3 heterocycles. The lowest BCUT2D eigenvalue weighted by atomic mass is 10.2. The van der Waals surface area contributed by atoms with Gasteiger partial charge in [0, 0.05) is 37.2 Å². The molecule has 100 valence electrons.